The van der Waals surface area contributed by atoms with Crippen molar-refractivity contribution in [3.05, 3.63) is 30.5 Å². The van der Waals surface area contributed by atoms with Gasteiger partial charge in [-0.1, -0.05) is 18.2 Å². The van der Waals surface area contributed by atoms with Crippen LogP contribution in [0.2, 0.25) is 0 Å². The summed E-state index contributed by atoms with van der Waals surface area (Å²) >= 11 is 0. The molecule has 4 nitrogen and oxygen atoms in total. The van der Waals surface area contributed by atoms with Gasteiger partial charge in [-0.3, -0.25) is 0 Å². The third-order valence-electron chi connectivity index (χ3n) is 2.63. The molecule has 0 radical (unpaired) electrons. The van der Waals surface area contributed by atoms with Gasteiger partial charge in [-0.25, -0.2) is 4.98 Å². The predicted octanol–water partition coefficient (Wildman–Crippen LogP) is 1.80. The number of aromatic nitrogens is 2. The van der Waals surface area contributed by atoms with Gasteiger partial charge in [-0.05, 0) is 6.07 Å². The highest BCUT2D eigenvalue weighted by molar-refractivity contribution is 5.77. The molecule has 2 aromatic rings. The van der Waals surface area contributed by atoms with Crippen LogP contribution in [-0.2, 0) is 4.74 Å². The largest absolute Gasteiger partial charge is 0.458 e. The van der Waals surface area contributed by atoms with Gasteiger partial charge >= 0.3 is 6.01 Å². The van der Waals surface area contributed by atoms with Crippen molar-refractivity contribution in [2.75, 3.05) is 13.2 Å². The lowest BCUT2D eigenvalue weighted by atomic mass is 10.2. The molecule has 82 valence electrons. The predicted molar refractivity (Wildman–Crippen MR) is 59.4 cm³/mol. The summed E-state index contributed by atoms with van der Waals surface area (Å²) in [6.45, 7) is 1.40. The Balaban J connectivity index is 1.86. The Morgan fingerprint density at radius 3 is 3.12 bits per heavy atom. The van der Waals surface area contributed by atoms with Crippen molar-refractivity contribution >= 4 is 10.9 Å². The Kier molecular flexibility index (Phi) is 2.42. The molecular weight excluding hydrogens is 204 g/mol. The topological polar surface area (TPSA) is 44.2 Å². The van der Waals surface area contributed by atoms with Gasteiger partial charge in [0.15, 0.2) is 0 Å². The molecule has 0 amide bonds. The van der Waals surface area contributed by atoms with E-state index in [2.05, 4.69) is 9.97 Å². The first kappa shape index (κ1) is 9.54. The van der Waals surface area contributed by atoms with E-state index in [0.29, 0.717) is 12.6 Å². The normalized spacial score (nSPS) is 20.1. The molecule has 1 aliphatic heterocycles. The Bertz CT molecular complexity index is 495. The fraction of sp³-hybridized carbons (Fsp3) is 0.333. The van der Waals surface area contributed by atoms with Crippen LogP contribution >= 0.6 is 0 Å². The molecule has 1 atom stereocenters. The number of ether oxygens (including phenoxy) is 2. The summed E-state index contributed by atoms with van der Waals surface area (Å²) in [6.07, 6.45) is 2.80. The SMILES string of the molecule is c1ccc2nc(O[C@H]3CCOC3)ncc2c1. The van der Waals surface area contributed by atoms with Gasteiger partial charge in [0, 0.05) is 18.0 Å². The van der Waals surface area contributed by atoms with Gasteiger partial charge in [0.05, 0.1) is 18.7 Å². The second kappa shape index (κ2) is 4.06. The number of hydrogen-bond acceptors (Lipinski definition) is 4. The average Bonchev–Trinajstić information content (AvgIpc) is 2.82. The lowest BCUT2D eigenvalue weighted by Gasteiger charge is -2.09. The van der Waals surface area contributed by atoms with E-state index in [9.17, 15) is 0 Å². The minimum Gasteiger partial charge on any atom is -0.458 e. The molecule has 0 spiro atoms. The number of hydrogen-bond donors (Lipinski definition) is 0. The highest BCUT2D eigenvalue weighted by Crippen LogP contribution is 2.16. The summed E-state index contributed by atoms with van der Waals surface area (Å²) < 4.78 is 10.9. The van der Waals surface area contributed by atoms with E-state index in [1.165, 1.54) is 0 Å². The van der Waals surface area contributed by atoms with Gasteiger partial charge in [-0.2, -0.15) is 4.98 Å². The molecule has 1 aromatic carbocycles. The fourth-order valence-corrected chi connectivity index (χ4v) is 1.77. The van der Waals surface area contributed by atoms with E-state index >= 15 is 0 Å². The number of benzene rings is 1. The maximum atomic E-state index is 5.64. The Hall–Kier alpha value is -1.68. The Labute approximate surface area is 93.2 Å². The molecule has 0 N–H and O–H groups in total. The van der Waals surface area contributed by atoms with Crippen molar-refractivity contribution in [1.29, 1.82) is 0 Å². The quantitative estimate of drug-likeness (QED) is 0.767. The van der Waals surface area contributed by atoms with Crippen molar-refractivity contribution in [3.63, 3.8) is 0 Å². The van der Waals surface area contributed by atoms with Gasteiger partial charge in [0.1, 0.15) is 6.10 Å². The summed E-state index contributed by atoms with van der Waals surface area (Å²) in [5, 5.41) is 1.03. The number of nitrogens with zero attached hydrogens (tertiary/aromatic N) is 2. The summed E-state index contributed by atoms with van der Waals surface area (Å²) in [5.74, 6) is 0. The summed E-state index contributed by atoms with van der Waals surface area (Å²) in [6, 6.07) is 8.30. The van der Waals surface area contributed by atoms with Crippen LogP contribution in [0.3, 0.4) is 0 Å². The van der Waals surface area contributed by atoms with Crippen molar-refractivity contribution in [2.45, 2.75) is 12.5 Å². The molecule has 0 aliphatic carbocycles. The average molecular weight is 216 g/mol. The Morgan fingerprint density at radius 1 is 1.31 bits per heavy atom. The first-order valence-corrected chi connectivity index (χ1v) is 5.38. The zero-order valence-electron chi connectivity index (χ0n) is 8.80. The fourth-order valence-electron chi connectivity index (χ4n) is 1.77. The maximum absolute atomic E-state index is 5.64. The second-order valence-corrected chi connectivity index (χ2v) is 3.81. The molecule has 1 saturated heterocycles. The van der Waals surface area contributed by atoms with E-state index in [1.807, 2.05) is 24.3 Å². The van der Waals surface area contributed by atoms with Crippen molar-refractivity contribution in [3.8, 4) is 6.01 Å². The van der Waals surface area contributed by atoms with Crippen LogP contribution in [0.4, 0.5) is 0 Å². The van der Waals surface area contributed by atoms with E-state index < -0.39 is 0 Å². The zero-order chi connectivity index (χ0) is 10.8. The second-order valence-electron chi connectivity index (χ2n) is 3.81. The first-order chi connectivity index (χ1) is 7.92. The van der Waals surface area contributed by atoms with Crippen LogP contribution in [-0.4, -0.2) is 29.3 Å². The molecule has 1 fully saturated rings. The van der Waals surface area contributed by atoms with Gasteiger partial charge in [0.2, 0.25) is 0 Å². The lowest BCUT2D eigenvalue weighted by molar-refractivity contribution is 0.134. The van der Waals surface area contributed by atoms with E-state index in [1.54, 1.807) is 6.20 Å². The maximum Gasteiger partial charge on any atom is 0.317 e. The standard InChI is InChI=1S/C12H12N2O2/c1-2-4-11-9(3-1)7-13-12(14-11)16-10-5-6-15-8-10/h1-4,7,10H,5-6,8H2/t10-/m0/s1. The summed E-state index contributed by atoms with van der Waals surface area (Å²) in [7, 11) is 0. The molecule has 0 saturated carbocycles. The van der Waals surface area contributed by atoms with Crippen molar-refractivity contribution in [2.24, 2.45) is 0 Å². The number of para-hydroxylation sites is 1. The summed E-state index contributed by atoms with van der Waals surface area (Å²) in [4.78, 5) is 8.53. The van der Waals surface area contributed by atoms with Gasteiger partial charge in [-0.15, -0.1) is 0 Å². The molecule has 1 aliphatic rings. The van der Waals surface area contributed by atoms with Crippen LogP contribution in [0.15, 0.2) is 30.5 Å². The van der Waals surface area contributed by atoms with Gasteiger partial charge in [0.25, 0.3) is 0 Å². The lowest BCUT2D eigenvalue weighted by Crippen LogP contribution is -2.17. The van der Waals surface area contributed by atoms with Crippen LogP contribution in [0.5, 0.6) is 6.01 Å². The van der Waals surface area contributed by atoms with E-state index in [0.717, 1.165) is 23.9 Å². The zero-order valence-corrected chi connectivity index (χ0v) is 8.80. The molecule has 2 heterocycles. The molecule has 4 heteroatoms. The molecule has 16 heavy (non-hydrogen) atoms. The first-order valence-electron chi connectivity index (χ1n) is 5.38. The van der Waals surface area contributed by atoms with Crippen LogP contribution in [0.1, 0.15) is 6.42 Å². The summed E-state index contributed by atoms with van der Waals surface area (Å²) in [5.41, 5.74) is 0.909. The van der Waals surface area contributed by atoms with E-state index in [-0.39, 0.29) is 6.10 Å². The van der Waals surface area contributed by atoms with Crippen LogP contribution in [0.25, 0.3) is 10.9 Å². The minimum atomic E-state index is 0.0983. The highest BCUT2D eigenvalue weighted by atomic mass is 16.6. The Morgan fingerprint density at radius 2 is 2.25 bits per heavy atom. The minimum absolute atomic E-state index is 0.0983. The molecular formula is C12H12N2O2. The highest BCUT2D eigenvalue weighted by Gasteiger charge is 2.18. The van der Waals surface area contributed by atoms with Crippen LogP contribution < -0.4 is 4.74 Å². The molecule has 3 rings (SSSR count). The molecule has 0 bridgehead atoms. The molecule has 0 unspecified atom stereocenters. The van der Waals surface area contributed by atoms with Crippen molar-refractivity contribution in [1.82, 2.24) is 9.97 Å². The van der Waals surface area contributed by atoms with Crippen LogP contribution in [0, 0.1) is 0 Å². The van der Waals surface area contributed by atoms with E-state index in [4.69, 9.17) is 9.47 Å². The number of fused-ring (bicyclic) bond motifs is 1. The smallest absolute Gasteiger partial charge is 0.317 e. The molecule has 1 aromatic heterocycles. The van der Waals surface area contributed by atoms with Crippen molar-refractivity contribution < 1.29 is 9.47 Å². The van der Waals surface area contributed by atoms with Gasteiger partial charge < -0.3 is 9.47 Å². The third kappa shape index (κ3) is 1.84. The monoisotopic (exact) mass is 216 g/mol. The number of rotatable bonds is 2. The third-order valence-corrected chi connectivity index (χ3v) is 2.63.